The van der Waals surface area contributed by atoms with Gasteiger partial charge in [0.25, 0.3) is 0 Å². The van der Waals surface area contributed by atoms with E-state index in [0.717, 1.165) is 73.8 Å². The molecule has 0 amide bonds. The minimum absolute atomic E-state index is 0.173. The van der Waals surface area contributed by atoms with Crippen molar-refractivity contribution in [1.82, 2.24) is 19.9 Å². The number of piperazine rings is 1. The van der Waals surface area contributed by atoms with Crippen LogP contribution in [0.15, 0.2) is 30.5 Å². The van der Waals surface area contributed by atoms with E-state index in [2.05, 4.69) is 24.8 Å². The lowest BCUT2D eigenvalue weighted by atomic mass is 10.1. The molecule has 0 aliphatic carbocycles. The summed E-state index contributed by atoms with van der Waals surface area (Å²) in [6.45, 7) is 9.07. The van der Waals surface area contributed by atoms with Crippen LogP contribution in [0.1, 0.15) is 23.4 Å². The van der Waals surface area contributed by atoms with Crippen molar-refractivity contribution < 1.29 is 4.39 Å². The van der Waals surface area contributed by atoms with E-state index >= 15 is 0 Å². The van der Waals surface area contributed by atoms with E-state index < -0.39 is 0 Å². The standard InChI is InChI=1S/C21H26FN5/c1-15-12-16(2)25-21(24-15)27-10-8-26(9-11-27)7-3-4-17-14-23-20-6-5-18(22)13-19(17)20/h5-6,12-14,23H,3-4,7-11H2,1-2H3. The highest BCUT2D eigenvalue weighted by Crippen LogP contribution is 2.21. The smallest absolute Gasteiger partial charge is 0.225 e. The summed E-state index contributed by atoms with van der Waals surface area (Å²) in [5.74, 6) is 0.682. The molecule has 142 valence electrons. The SMILES string of the molecule is Cc1cc(C)nc(N2CCN(CCCc3c[nH]c4ccc(F)cc34)CC2)n1. The Morgan fingerprint density at radius 3 is 2.52 bits per heavy atom. The first-order valence-corrected chi connectivity index (χ1v) is 9.63. The molecule has 0 unspecified atom stereocenters. The van der Waals surface area contributed by atoms with E-state index in [1.807, 2.05) is 32.2 Å². The Bertz CT molecular complexity index is 907. The van der Waals surface area contributed by atoms with Crippen LogP contribution >= 0.6 is 0 Å². The number of aromatic nitrogens is 3. The van der Waals surface area contributed by atoms with Crippen LogP contribution in [0, 0.1) is 19.7 Å². The maximum atomic E-state index is 13.5. The van der Waals surface area contributed by atoms with Crippen molar-refractivity contribution in [2.45, 2.75) is 26.7 Å². The van der Waals surface area contributed by atoms with Crippen molar-refractivity contribution in [1.29, 1.82) is 0 Å². The van der Waals surface area contributed by atoms with Gasteiger partial charge in [-0.3, -0.25) is 4.90 Å². The maximum Gasteiger partial charge on any atom is 0.225 e. The number of hydrogen-bond acceptors (Lipinski definition) is 4. The topological polar surface area (TPSA) is 48.1 Å². The van der Waals surface area contributed by atoms with Crippen LogP contribution in [0.4, 0.5) is 10.3 Å². The van der Waals surface area contributed by atoms with Gasteiger partial charge in [0.15, 0.2) is 0 Å². The molecular weight excluding hydrogens is 341 g/mol. The van der Waals surface area contributed by atoms with E-state index in [1.165, 1.54) is 11.6 Å². The quantitative estimate of drug-likeness (QED) is 0.750. The Morgan fingerprint density at radius 1 is 1.04 bits per heavy atom. The highest BCUT2D eigenvalue weighted by molar-refractivity contribution is 5.83. The molecule has 0 atom stereocenters. The van der Waals surface area contributed by atoms with Gasteiger partial charge in [-0.05, 0) is 63.1 Å². The number of H-pyrrole nitrogens is 1. The first-order valence-electron chi connectivity index (χ1n) is 9.63. The summed E-state index contributed by atoms with van der Waals surface area (Å²) in [6, 6.07) is 6.95. The first kappa shape index (κ1) is 17.9. The van der Waals surface area contributed by atoms with Crippen LogP contribution in [-0.2, 0) is 6.42 Å². The number of halogens is 1. The van der Waals surface area contributed by atoms with E-state index in [4.69, 9.17) is 0 Å². The highest BCUT2D eigenvalue weighted by atomic mass is 19.1. The largest absolute Gasteiger partial charge is 0.361 e. The van der Waals surface area contributed by atoms with Gasteiger partial charge in [0.1, 0.15) is 5.82 Å². The second-order valence-corrected chi connectivity index (χ2v) is 7.39. The first-order chi connectivity index (χ1) is 13.1. The fraction of sp³-hybridized carbons (Fsp3) is 0.429. The molecule has 0 bridgehead atoms. The molecule has 1 saturated heterocycles. The molecule has 4 rings (SSSR count). The third-order valence-corrected chi connectivity index (χ3v) is 5.28. The zero-order valence-electron chi connectivity index (χ0n) is 16.0. The molecule has 0 saturated carbocycles. The molecular formula is C21H26FN5. The summed E-state index contributed by atoms with van der Waals surface area (Å²) >= 11 is 0. The number of hydrogen-bond donors (Lipinski definition) is 1. The second-order valence-electron chi connectivity index (χ2n) is 7.39. The van der Waals surface area contributed by atoms with Gasteiger partial charge in [-0.15, -0.1) is 0 Å². The lowest BCUT2D eigenvalue weighted by molar-refractivity contribution is 0.254. The number of rotatable bonds is 5. The number of aromatic amines is 1. The molecule has 5 nitrogen and oxygen atoms in total. The molecule has 1 N–H and O–H groups in total. The number of nitrogens with zero attached hydrogens (tertiary/aromatic N) is 4. The molecule has 3 heterocycles. The molecule has 1 fully saturated rings. The Hall–Kier alpha value is -2.47. The van der Waals surface area contributed by atoms with Gasteiger partial charge in [0, 0.05) is 54.7 Å². The molecule has 6 heteroatoms. The summed E-state index contributed by atoms with van der Waals surface area (Å²) in [5.41, 5.74) is 4.26. The summed E-state index contributed by atoms with van der Waals surface area (Å²) in [6.07, 6.45) is 4.05. The lowest BCUT2D eigenvalue weighted by Crippen LogP contribution is -2.47. The predicted octanol–water partition coefficient (Wildman–Crippen LogP) is 3.47. The number of anilines is 1. The van der Waals surface area contributed by atoms with Crippen molar-refractivity contribution >= 4 is 16.9 Å². The predicted molar refractivity (Wildman–Crippen MR) is 107 cm³/mol. The molecule has 2 aromatic heterocycles. The molecule has 1 aromatic carbocycles. The van der Waals surface area contributed by atoms with E-state index in [1.54, 1.807) is 6.07 Å². The highest BCUT2D eigenvalue weighted by Gasteiger charge is 2.19. The minimum Gasteiger partial charge on any atom is -0.361 e. The van der Waals surface area contributed by atoms with Crippen LogP contribution in [0.3, 0.4) is 0 Å². The van der Waals surface area contributed by atoms with Gasteiger partial charge in [0.2, 0.25) is 5.95 Å². The second kappa shape index (κ2) is 7.64. The average molecular weight is 367 g/mol. The number of aryl methyl sites for hydroxylation is 3. The van der Waals surface area contributed by atoms with Crippen LogP contribution in [0.25, 0.3) is 10.9 Å². The van der Waals surface area contributed by atoms with E-state index in [9.17, 15) is 4.39 Å². The Balaban J connectivity index is 1.29. The van der Waals surface area contributed by atoms with Gasteiger partial charge in [-0.1, -0.05) is 0 Å². The molecule has 0 radical (unpaired) electrons. The molecule has 1 aliphatic heterocycles. The minimum atomic E-state index is -0.173. The van der Waals surface area contributed by atoms with Crippen LogP contribution in [-0.4, -0.2) is 52.6 Å². The fourth-order valence-corrected chi connectivity index (χ4v) is 3.87. The van der Waals surface area contributed by atoms with Crippen molar-refractivity contribution in [3.8, 4) is 0 Å². The van der Waals surface area contributed by atoms with Gasteiger partial charge < -0.3 is 9.88 Å². The maximum absolute atomic E-state index is 13.5. The molecule has 0 spiro atoms. The number of nitrogens with one attached hydrogen (secondary N) is 1. The van der Waals surface area contributed by atoms with Gasteiger partial charge >= 0.3 is 0 Å². The van der Waals surface area contributed by atoms with Crippen molar-refractivity contribution in [3.05, 3.63) is 53.2 Å². The normalized spacial score (nSPS) is 15.6. The zero-order valence-corrected chi connectivity index (χ0v) is 16.0. The third-order valence-electron chi connectivity index (χ3n) is 5.28. The Kier molecular flexibility index (Phi) is 5.07. The lowest BCUT2D eigenvalue weighted by Gasteiger charge is -2.34. The molecule has 3 aromatic rings. The van der Waals surface area contributed by atoms with E-state index in [-0.39, 0.29) is 5.82 Å². The van der Waals surface area contributed by atoms with Crippen LogP contribution in [0.5, 0.6) is 0 Å². The monoisotopic (exact) mass is 367 g/mol. The zero-order chi connectivity index (χ0) is 18.8. The summed E-state index contributed by atoms with van der Waals surface area (Å²) < 4.78 is 13.5. The summed E-state index contributed by atoms with van der Waals surface area (Å²) in [5, 5.41) is 1.01. The molecule has 27 heavy (non-hydrogen) atoms. The summed E-state index contributed by atoms with van der Waals surface area (Å²) in [7, 11) is 0. The summed E-state index contributed by atoms with van der Waals surface area (Å²) in [4.78, 5) is 17.2. The van der Waals surface area contributed by atoms with E-state index in [0.29, 0.717) is 0 Å². The van der Waals surface area contributed by atoms with Crippen molar-refractivity contribution in [2.24, 2.45) is 0 Å². The number of benzene rings is 1. The fourth-order valence-electron chi connectivity index (χ4n) is 3.87. The van der Waals surface area contributed by atoms with Crippen LogP contribution < -0.4 is 4.90 Å². The molecule has 1 aliphatic rings. The van der Waals surface area contributed by atoms with Gasteiger partial charge in [0.05, 0.1) is 0 Å². The van der Waals surface area contributed by atoms with Crippen molar-refractivity contribution in [3.63, 3.8) is 0 Å². The van der Waals surface area contributed by atoms with Crippen molar-refractivity contribution in [2.75, 3.05) is 37.6 Å². The third kappa shape index (κ3) is 4.11. The average Bonchev–Trinajstić information content (AvgIpc) is 3.04. The Morgan fingerprint density at radius 2 is 1.78 bits per heavy atom. The van der Waals surface area contributed by atoms with Crippen LogP contribution in [0.2, 0.25) is 0 Å². The Labute approximate surface area is 159 Å². The van der Waals surface area contributed by atoms with Gasteiger partial charge in [-0.2, -0.15) is 0 Å². The van der Waals surface area contributed by atoms with Gasteiger partial charge in [-0.25, -0.2) is 14.4 Å². The number of fused-ring (bicyclic) bond motifs is 1.